The molecule has 0 radical (unpaired) electrons. The van der Waals surface area contributed by atoms with Crippen LogP contribution in [0, 0.1) is 5.82 Å². The molecule has 0 atom stereocenters. The molecule has 4 aromatic rings. The number of ether oxygens (including phenoxy) is 3. The van der Waals surface area contributed by atoms with Gasteiger partial charge >= 0.3 is 5.97 Å². The lowest BCUT2D eigenvalue weighted by Crippen LogP contribution is -2.33. The molecule has 3 heterocycles. The first-order chi connectivity index (χ1) is 19.9. The number of aryl methyl sites for hydroxylation is 1. The number of halogens is 2. The number of esters is 1. The van der Waals surface area contributed by atoms with Crippen LogP contribution in [-0.2, 0) is 24.9 Å². The summed E-state index contributed by atoms with van der Waals surface area (Å²) in [6.07, 6.45) is 1.84. The molecule has 5 rings (SSSR count). The first kappa shape index (κ1) is 28.8. The minimum atomic E-state index is -0.467. The zero-order valence-electron chi connectivity index (χ0n) is 23.0. The number of nitrogens with zero attached hydrogens (tertiary/aromatic N) is 4. The highest BCUT2D eigenvalue weighted by Gasteiger charge is 2.24. The number of benzene rings is 2. The molecule has 1 fully saturated rings. The summed E-state index contributed by atoms with van der Waals surface area (Å²) < 4.78 is 32.4. The first-order valence-electron chi connectivity index (χ1n) is 13.4. The van der Waals surface area contributed by atoms with Crippen molar-refractivity contribution in [2.24, 2.45) is 7.05 Å². The summed E-state index contributed by atoms with van der Waals surface area (Å²) in [6, 6.07) is 13.6. The van der Waals surface area contributed by atoms with Crippen LogP contribution in [-0.4, -0.2) is 63.9 Å². The van der Waals surface area contributed by atoms with E-state index in [0.717, 1.165) is 43.0 Å². The fraction of sp³-hybridized carbons (Fsp3) is 0.367. The molecule has 0 spiro atoms. The highest BCUT2D eigenvalue weighted by Crippen LogP contribution is 2.31. The van der Waals surface area contributed by atoms with Crippen LogP contribution in [0.25, 0.3) is 11.0 Å². The van der Waals surface area contributed by atoms with Crippen molar-refractivity contribution in [2.75, 3.05) is 33.4 Å². The third kappa shape index (κ3) is 6.61. The molecule has 1 aliphatic rings. The summed E-state index contributed by atoms with van der Waals surface area (Å²) in [4.78, 5) is 24.1. The number of aromatic nitrogens is 3. The molecule has 0 unspecified atom stereocenters. The van der Waals surface area contributed by atoms with E-state index in [1.165, 1.54) is 13.2 Å². The second-order valence-corrected chi connectivity index (χ2v) is 10.4. The second kappa shape index (κ2) is 12.8. The van der Waals surface area contributed by atoms with Crippen LogP contribution in [0.15, 0.2) is 48.5 Å². The topological polar surface area (TPSA) is 98.9 Å². The van der Waals surface area contributed by atoms with E-state index in [1.807, 2.05) is 23.7 Å². The fourth-order valence-electron chi connectivity index (χ4n) is 5.06. The Balaban J connectivity index is 1.24. The van der Waals surface area contributed by atoms with Crippen LogP contribution in [0.3, 0.4) is 0 Å². The molecule has 0 amide bonds. The van der Waals surface area contributed by atoms with Crippen molar-refractivity contribution in [3.63, 3.8) is 0 Å². The number of imidazole rings is 1. The quantitative estimate of drug-likeness (QED) is 0.264. The minimum absolute atomic E-state index is 0.0732. The summed E-state index contributed by atoms with van der Waals surface area (Å²) in [7, 11) is 3.25. The van der Waals surface area contributed by atoms with E-state index in [2.05, 4.69) is 4.90 Å². The Kier molecular flexibility index (Phi) is 9.02. The number of carbonyl (C=O) groups is 1. The number of hydrogen-bond acceptors (Lipinski definition) is 8. The van der Waals surface area contributed by atoms with Crippen LogP contribution in [0.1, 0.15) is 46.2 Å². The zero-order chi connectivity index (χ0) is 28.9. The standard InChI is InChI=1S/C30H32ClFN4O5/c1-35-25-14-21(30(38)39-2)15-26(40-13-12-37)29(25)34-27(35)17-36-10-8-19(9-11-36)24-4-3-5-28(33-24)41-18-20-6-7-22(31)16-23(20)32/h3-7,14-16,19,37H,8-13,17-18H2,1-2H3. The summed E-state index contributed by atoms with van der Waals surface area (Å²) >= 11 is 5.84. The lowest BCUT2D eigenvalue weighted by Gasteiger charge is -2.31. The van der Waals surface area contributed by atoms with Gasteiger partial charge in [-0.05, 0) is 56.3 Å². The highest BCUT2D eigenvalue weighted by molar-refractivity contribution is 6.30. The Bertz CT molecular complexity index is 1540. The predicted molar refractivity (Wildman–Crippen MR) is 152 cm³/mol. The van der Waals surface area contributed by atoms with Crippen LogP contribution in [0.2, 0.25) is 5.02 Å². The van der Waals surface area contributed by atoms with E-state index in [0.29, 0.717) is 39.8 Å². The van der Waals surface area contributed by atoms with Gasteiger partial charge < -0.3 is 23.9 Å². The van der Waals surface area contributed by atoms with E-state index in [1.54, 1.807) is 30.3 Å². The van der Waals surface area contributed by atoms with Gasteiger partial charge in [-0.2, -0.15) is 0 Å². The van der Waals surface area contributed by atoms with Crippen LogP contribution in [0.4, 0.5) is 4.39 Å². The number of piperidine rings is 1. The lowest BCUT2D eigenvalue weighted by atomic mass is 9.93. The van der Waals surface area contributed by atoms with E-state index >= 15 is 0 Å². The SMILES string of the molecule is COC(=O)c1cc(OCCO)c2nc(CN3CCC(c4cccc(OCc5ccc(Cl)cc5F)n4)CC3)n(C)c2c1. The Morgan fingerprint density at radius 1 is 1.12 bits per heavy atom. The molecule has 1 aliphatic heterocycles. The van der Waals surface area contributed by atoms with E-state index in [-0.39, 0.29) is 25.7 Å². The van der Waals surface area contributed by atoms with Gasteiger partial charge in [0.05, 0.1) is 31.3 Å². The van der Waals surface area contributed by atoms with Gasteiger partial charge in [-0.3, -0.25) is 4.90 Å². The Hall–Kier alpha value is -3.73. The van der Waals surface area contributed by atoms with Crippen molar-refractivity contribution in [2.45, 2.75) is 31.9 Å². The Morgan fingerprint density at radius 3 is 2.66 bits per heavy atom. The average Bonchev–Trinajstić information content (AvgIpc) is 3.30. The molecular weight excluding hydrogens is 551 g/mol. The summed E-state index contributed by atoms with van der Waals surface area (Å²) in [5.74, 6) is 1.15. The van der Waals surface area contributed by atoms with Crippen molar-refractivity contribution in [3.05, 3.63) is 82.0 Å². The number of methoxy groups -OCH3 is 1. The molecule has 1 N–H and O–H groups in total. The molecule has 0 bridgehead atoms. The molecule has 0 aliphatic carbocycles. The van der Waals surface area contributed by atoms with Crippen molar-refractivity contribution in [3.8, 4) is 11.6 Å². The van der Waals surface area contributed by atoms with Gasteiger partial charge in [-0.15, -0.1) is 0 Å². The van der Waals surface area contributed by atoms with Crippen LogP contribution < -0.4 is 9.47 Å². The van der Waals surface area contributed by atoms with E-state index < -0.39 is 11.8 Å². The summed E-state index contributed by atoms with van der Waals surface area (Å²) in [5, 5.41) is 9.58. The number of pyridine rings is 1. The van der Waals surface area contributed by atoms with Crippen molar-refractivity contribution in [1.82, 2.24) is 19.4 Å². The maximum Gasteiger partial charge on any atom is 0.338 e. The van der Waals surface area contributed by atoms with Crippen molar-refractivity contribution >= 4 is 28.6 Å². The Labute approximate surface area is 242 Å². The van der Waals surface area contributed by atoms with Gasteiger partial charge in [-0.1, -0.05) is 23.7 Å². The normalized spacial score (nSPS) is 14.4. The summed E-state index contributed by atoms with van der Waals surface area (Å²) in [5.41, 5.74) is 3.14. The number of aliphatic hydroxyl groups is 1. The monoisotopic (exact) mass is 582 g/mol. The minimum Gasteiger partial charge on any atom is -0.489 e. The number of fused-ring (bicyclic) bond motifs is 1. The maximum absolute atomic E-state index is 14.1. The second-order valence-electron chi connectivity index (χ2n) is 9.97. The van der Waals surface area contributed by atoms with E-state index in [4.69, 9.17) is 35.8 Å². The highest BCUT2D eigenvalue weighted by atomic mass is 35.5. The largest absolute Gasteiger partial charge is 0.489 e. The van der Waals surface area contributed by atoms with E-state index in [9.17, 15) is 14.3 Å². The molecular formula is C30H32ClFN4O5. The molecule has 216 valence electrons. The third-order valence-corrected chi connectivity index (χ3v) is 7.56. The fourth-order valence-corrected chi connectivity index (χ4v) is 5.22. The molecule has 41 heavy (non-hydrogen) atoms. The van der Waals surface area contributed by atoms with Gasteiger partial charge in [0.1, 0.15) is 36.1 Å². The van der Waals surface area contributed by atoms with Gasteiger partial charge in [0.15, 0.2) is 0 Å². The Morgan fingerprint density at radius 2 is 1.93 bits per heavy atom. The van der Waals surface area contributed by atoms with Gasteiger partial charge in [0, 0.05) is 35.3 Å². The molecule has 9 nitrogen and oxygen atoms in total. The predicted octanol–water partition coefficient (Wildman–Crippen LogP) is 4.88. The van der Waals surface area contributed by atoms with Gasteiger partial charge in [-0.25, -0.2) is 19.2 Å². The van der Waals surface area contributed by atoms with Gasteiger partial charge in [0.2, 0.25) is 5.88 Å². The third-order valence-electron chi connectivity index (χ3n) is 7.32. The molecule has 11 heteroatoms. The molecule has 1 saturated heterocycles. The molecule has 0 saturated carbocycles. The number of carbonyl (C=O) groups excluding carboxylic acids is 1. The number of aliphatic hydroxyl groups excluding tert-OH is 1. The van der Waals surface area contributed by atoms with Gasteiger partial charge in [0.25, 0.3) is 0 Å². The first-order valence-corrected chi connectivity index (χ1v) is 13.8. The molecule has 2 aromatic carbocycles. The van der Waals surface area contributed by atoms with Crippen LogP contribution >= 0.6 is 11.6 Å². The smallest absolute Gasteiger partial charge is 0.338 e. The lowest BCUT2D eigenvalue weighted by molar-refractivity contribution is 0.0600. The molecule has 2 aromatic heterocycles. The number of rotatable bonds is 10. The maximum atomic E-state index is 14.1. The van der Waals surface area contributed by atoms with Crippen molar-refractivity contribution in [1.29, 1.82) is 0 Å². The number of hydrogen-bond donors (Lipinski definition) is 1. The zero-order valence-corrected chi connectivity index (χ0v) is 23.7. The summed E-state index contributed by atoms with van der Waals surface area (Å²) in [6.45, 7) is 2.37. The van der Waals surface area contributed by atoms with Crippen molar-refractivity contribution < 1.29 is 28.5 Å². The van der Waals surface area contributed by atoms with Crippen LogP contribution in [0.5, 0.6) is 11.6 Å². The number of likely N-dealkylation sites (tertiary alicyclic amines) is 1. The average molecular weight is 583 g/mol.